The predicted molar refractivity (Wildman–Crippen MR) is 101 cm³/mol. The van der Waals surface area contributed by atoms with Crippen molar-refractivity contribution < 1.29 is 4.79 Å². The molecule has 6 heteroatoms. The Morgan fingerprint density at radius 2 is 2.08 bits per heavy atom. The number of carbonyl (C=O) groups is 1. The van der Waals surface area contributed by atoms with E-state index in [4.69, 9.17) is 0 Å². The molecule has 0 fully saturated rings. The molecule has 3 rings (SSSR count). The smallest absolute Gasteiger partial charge is 0.234 e. The average Bonchev–Trinajstić information content (AvgIpc) is 3.03. The molecule has 0 saturated heterocycles. The molecule has 0 atom stereocenters. The number of carbonyl (C=O) groups excluding carboxylic acids is 1. The lowest BCUT2D eigenvalue weighted by molar-refractivity contribution is -0.113. The third-order valence-corrected chi connectivity index (χ3v) is 5.09. The van der Waals surface area contributed by atoms with Crippen molar-refractivity contribution in [2.75, 3.05) is 11.1 Å². The maximum Gasteiger partial charge on any atom is 0.234 e. The zero-order valence-electron chi connectivity index (χ0n) is 13.2. The molecule has 4 nitrogen and oxygen atoms in total. The zero-order valence-corrected chi connectivity index (χ0v) is 14.9. The highest BCUT2D eigenvalue weighted by atomic mass is 32.2. The molecule has 2 aromatic heterocycles. The highest BCUT2D eigenvalue weighted by Crippen LogP contribution is 2.23. The molecule has 122 valence electrons. The molecule has 0 saturated carbocycles. The maximum absolute atomic E-state index is 12.0. The van der Waals surface area contributed by atoms with E-state index in [1.54, 1.807) is 29.3 Å². The Kier molecular flexibility index (Phi) is 5.61. The third-order valence-electron chi connectivity index (χ3n) is 3.31. The summed E-state index contributed by atoms with van der Waals surface area (Å²) in [7, 11) is 0. The first-order valence-corrected chi connectivity index (χ1v) is 9.53. The van der Waals surface area contributed by atoms with Gasteiger partial charge in [0.15, 0.2) is 0 Å². The van der Waals surface area contributed by atoms with Crippen LogP contribution < -0.4 is 5.32 Å². The fourth-order valence-electron chi connectivity index (χ4n) is 2.16. The van der Waals surface area contributed by atoms with Gasteiger partial charge in [-0.1, -0.05) is 18.2 Å². The fraction of sp³-hybridized carbons (Fsp3) is 0.167. The van der Waals surface area contributed by atoms with E-state index in [0.717, 1.165) is 33.3 Å². The number of nitrogens with zero attached hydrogens (tertiary/aromatic N) is 2. The van der Waals surface area contributed by atoms with Crippen LogP contribution in [0.4, 0.5) is 5.69 Å². The molecular weight excluding hydrogens is 338 g/mol. The number of rotatable bonds is 6. The molecule has 0 radical (unpaired) electrons. The van der Waals surface area contributed by atoms with Crippen molar-refractivity contribution in [3.63, 3.8) is 0 Å². The van der Waals surface area contributed by atoms with E-state index in [1.165, 1.54) is 0 Å². The first-order chi connectivity index (χ1) is 11.7. The number of thioether (sulfide) groups is 1. The highest BCUT2D eigenvalue weighted by molar-refractivity contribution is 7.99. The van der Waals surface area contributed by atoms with Crippen LogP contribution in [0.2, 0.25) is 0 Å². The average molecular weight is 355 g/mol. The lowest BCUT2D eigenvalue weighted by Crippen LogP contribution is -2.14. The van der Waals surface area contributed by atoms with E-state index >= 15 is 0 Å². The van der Waals surface area contributed by atoms with Crippen molar-refractivity contribution in [1.82, 2.24) is 9.97 Å². The number of hydrogen-bond donors (Lipinski definition) is 1. The van der Waals surface area contributed by atoms with Crippen LogP contribution in [-0.4, -0.2) is 21.6 Å². The van der Waals surface area contributed by atoms with Gasteiger partial charge in [0.05, 0.1) is 16.5 Å². The number of pyridine rings is 1. The first kappa shape index (κ1) is 16.7. The lowest BCUT2D eigenvalue weighted by Gasteiger charge is -2.06. The number of aryl methyl sites for hydroxylation is 1. The van der Waals surface area contributed by atoms with Crippen LogP contribution >= 0.6 is 23.1 Å². The highest BCUT2D eigenvalue weighted by Gasteiger charge is 2.05. The van der Waals surface area contributed by atoms with Crippen molar-refractivity contribution in [1.29, 1.82) is 0 Å². The molecule has 0 aliphatic rings. The molecule has 0 aliphatic heterocycles. The molecule has 0 aliphatic carbocycles. The number of thiazole rings is 1. The van der Waals surface area contributed by atoms with Gasteiger partial charge >= 0.3 is 0 Å². The van der Waals surface area contributed by atoms with Crippen LogP contribution in [0.5, 0.6) is 0 Å². The van der Waals surface area contributed by atoms with Gasteiger partial charge in [0, 0.05) is 34.8 Å². The van der Waals surface area contributed by atoms with Crippen LogP contribution in [-0.2, 0) is 10.5 Å². The monoisotopic (exact) mass is 355 g/mol. The number of amides is 1. The van der Waals surface area contributed by atoms with Gasteiger partial charge in [0.1, 0.15) is 0 Å². The van der Waals surface area contributed by atoms with Crippen molar-refractivity contribution in [3.05, 3.63) is 64.7 Å². The number of aromatic nitrogens is 2. The zero-order chi connectivity index (χ0) is 16.8. The SMILES string of the molecule is Cc1nc(-c2ccc(NC(=O)CSCc3cccnc3)cc2)cs1. The standard InChI is InChI=1S/C18H17N3OS2/c1-13-20-17(11-24-13)15-4-6-16(7-5-15)21-18(22)12-23-10-14-3-2-8-19-9-14/h2-9,11H,10,12H2,1H3,(H,21,22). The Hall–Kier alpha value is -2.18. The summed E-state index contributed by atoms with van der Waals surface area (Å²) in [6, 6.07) is 11.7. The normalized spacial score (nSPS) is 10.5. The van der Waals surface area contributed by atoms with E-state index < -0.39 is 0 Å². The Morgan fingerprint density at radius 3 is 2.75 bits per heavy atom. The van der Waals surface area contributed by atoms with E-state index in [1.807, 2.05) is 54.9 Å². The number of hydrogen-bond acceptors (Lipinski definition) is 5. The largest absolute Gasteiger partial charge is 0.325 e. The van der Waals surface area contributed by atoms with Gasteiger partial charge in [-0.15, -0.1) is 23.1 Å². The van der Waals surface area contributed by atoms with E-state index in [0.29, 0.717) is 5.75 Å². The summed E-state index contributed by atoms with van der Waals surface area (Å²) in [6.07, 6.45) is 3.57. The van der Waals surface area contributed by atoms with Gasteiger partial charge in [-0.05, 0) is 30.7 Å². The summed E-state index contributed by atoms with van der Waals surface area (Å²) in [5, 5.41) is 6.01. The first-order valence-electron chi connectivity index (χ1n) is 7.50. The van der Waals surface area contributed by atoms with Gasteiger partial charge in [-0.25, -0.2) is 4.98 Å². The summed E-state index contributed by atoms with van der Waals surface area (Å²) in [5.74, 6) is 1.20. The van der Waals surface area contributed by atoms with Gasteiger partial charge in [-0.3, -0.25) is 9.78 Å². The number of anilines is 1. The minimum atomic E-state index is 0.00106. The quantitative estimate of drug-likeness (QED) is 0.713. The van der Waals surface area contributed by atoms with Crippen molar-refractivity contribution >= 4 is 34.7 Å². The molecule has 1 N–H and O–H groups in total. The van der Waals surface area contributed by atoms with Crippen LogP contribution in [0.3, 0.4) is 0 Å². The number of benzene rings is 1. The molecule has 2 heterocycles. The molecule has 3 aromatic rings. The molecule has 1 amide bonds. The lowest BCUT2D eigenvalue weighted by atomic mass is 10.1. The summed E-state index contributed by atoms with van der Waals surface area (Å²) < 4.78 is 0. The Bertz CT molecular complexity index is 801. The Balaban J connectivity index is 1.49. The van der Waals surface area contributed by atoms with Crippen LogP contribution in [0.1, 0.15) is 10.6 Å². The third kappa shape index (κ3) is 4.66. The van der Waals surface area contributed by atoms with Gasteiger partial charge < -0.3 is 5.32 Å². The maximum atomic E-state index is 12.0. The van der Waals surface area contributed by atoms with Crippen LogP contribution in [0.15, 0.2) is 54.2 Å². The minimum absolute atomic E-state index is 0.00106. The second-order valence-electron chi connectivity index (χ2n) is 5.23. The summed E-state index contributed by atoms with van der Waals surface area (Å²) >= 11 is 3.21. The summed E-state index contributed by atoms with van der Waals surface area (Å²) in [6.45, 7) is 1.99. The Morgan fingerprint density at radius 1 is 1.25 bits per heavy atom. The van der Waals surface area contributed by atoms with Crippen molar-refractivity contribution in [2.24, 2.45) is 0 Å². The van der Waals surface area contributed by atoms with Crippen LogP contribution in [0.25, 0.3) is 11.3 Å². The Labute approximate surface area is 149 Å². The molecule has 24 heavy (non-hydrogen) atoms. The second kappa shape index (κ2) is 8.08. The van der Waals surface area contributed by atoms with E-state index in [-0.39, 0.29) is 5.91 Å². The van der Waals surface area contributed by atoms with Gasteiger partial charge in [0.2, 0.25) is 5.91 Å². The molecular formula is C18H17N3OS2. The van der Waals surface area contributed by atoms with Crippen molar-refractivity contribution in [3.8, 4) is 11.3 Å². The molecule has 0 unspecified atom stereocenters. The minimum Gasteiger partial charge on any atom is -0.325 e. The molecule has 0 spiro atoms. The van der Waals surface area contributed by atoms with E-state index in [2.05, 4.69) is 15.3 Å². The second-order valence-corrected chi connectivity index (χ2v) is 7.28. The topological polar surface area (TPSA) is 54.9 Å². The van der Waals surface area contributed by atoms with Crippen molar-refractivity contribution in [2.45, 2.75) is 12.7 Å². The van der Waals surface area contributed by atoms with Crippen LogP contribution in [0, 0.1) is 6.92 Å². The van der Waals surface area contributed by atoms with E-state index in [9.17, 15) is 4.79 Å². The fourth-order valence-corrected chi connectivity index (χ4v) is 3.55. The molecule has 0 bridgehead atoms. The molecule has 1 aromatic carbocycles. The van der Waals surface area contributed by atoms with Gasteiger partial charge in [0.25, 0.3) is 0 Å². The summed E-state index contributed by atoms with van der Waals surface area (Å²) in [5.41, 5.74) is 3.96. The van der Waals surface area contributed by atoms with Gasteiger partial charge in [-0.2, -0.15) is 0 Å². The number of nitrogens with one attached hydrogen (secondary N) is 1. The predicted octanol–water partition coefficient (Wildman–Crippen LogP) is 4.39. The summed E-state index contributed by atoms with van der Waals surface area (Å²) in [4.78, 5) is 20.5.